The van der Waals surface area contributed by atoms with E-state index in [0.29, 0.717) is 11.3 Å². The molecule has 2 rings (SSSR count). The summed E-state index contributed by atoms with van der Waals surface area (Å²) in [6.45, 7) is 9.47. The average molecular weight is 319 g/mol. The second-order valence-electron chi connectivity index (χ2n) is 6.86. The molecule has 1 aliphatic rings. The van der Waals surface area contributed by atoms with Crippen LogP contribution in [0.5, 0.6) is 5.75 Å². The SMILES string of the molecule is CCC1(CC)C(=O)N[C@@H]1Oc1ccc(C(=O)OC(C)(C)C)cc1. The molecule has 0 aromatic heterocycles. The lowest BCUT2D eigenvalue weighted by atomic mass is 9.73. The van der Waals surface area contributed by atoms with E-state index >= 15 is 0 Å². The second kappa shape index (κ2) is 6.22. The number of esters is 1. The first-order valence-corrected chi connectivity index (χ1v) is 8.03. The van der Waals surface area contributed by atoms with Crippen LogP contribution in [-0.4, -0.2) is 23.7 Å². The van der Waals surface area contributed by atoms with E-state index in [1.54, 1.807) is 24.3 Å². The van der Waals surface area contributed by atoms with Crippen LogP contribution in [0.25, 0.3) is 0 Å². The van der Waals surface area contributed by atoms with Crippen LogP contribution >= 0.6 is 0 Å². The van der Waals surface area contributed by atoms with Crippen molar-refractivity contribution in [2.45, 2.75) is 59.3 Å². The molecule has 5 nitrogen and oxygen atoms in total. The van der Waals surface area contributed by atoms with E-state index in [-0.39, 0.29) is 18.1 Å². The number of carbonyl (C=O) groups excluding carboxylic acids is 2. The highest BCUT2D eigenvalue weighted by atomic mass is 16.6. The Labute approximate surface area is 137 Å². The summed E-state index contributed by atoms with van der Waals surface area (Å²) in [7, 11) is 0. The highest BCUT2D eigenvalue weighted by molar-refractivity contribution is 5.90. The highest BCUT2D eigenvalue weighted by Crippen LogP contribution is 2.39. The normalized spacial score (nSPS) is 19.5. The molecular weight excluding hydrogens is 294 g/mol. The molecule has 1 atom stereocenters. The van der Waals surface area contributed by atoms with Crippen molar-refractivity contribution in [3.8, 4) is 5.75 Å². The number of hydrogen-bond acceptors (Lipinski definition) is 4. The zero-order valence-electron chi connectivity index (χ0n) is 14.4. The minimum Gasteiger partial charge on any atom is -0.470 e. The Morgan fingerprint density at radius 1 is 1.17 bits per heavy atom. The predicted molar refractivity (Wildman–Crippen MR) is 87.2 cm³/mol. The first-order valence-electron chi connectivity index (χ1n) is 8.03. The molecule has 0 spiro atoms. The van der Waals surface area contributed by atoms with Gasteiger partial charge in [-0.1, -0.05) is 13.8 Å². The van der Waals surface area contributed by atoms with Crippen molar-refractivity contribution in [3.63, 3.8) is 0 Å². The predicted octanol–water partition coefficient (Wildman–Crippen LogP) is 3.28. The van der Waals surface area contributed by atoms with Crippen LogP contribution in [0, 0.1) is 5.41 Å². The molecule has 1 heterocycles. The summed E-state index contributed by atoms with van der Waals surface area (Å²) in [6.07, 6.45) is 1.14. The molecule has 5 heteroatoms. The van der Waals surface area contributed by atoms with Crippen LogP contribution in [0.1, 0.15) is 57.8 Å². The van der Waals surface area contributed by atoms with Crippen molar-refractivity contribution in [1.29, 1.82) is 0 Å². The van der Waals surface area contributed by atoms with E-state index < -0.39 is 11.0 Å². The molecular formula is C18H25NO4. The third-order valence-electron chi connectivity index (χ3n) is 4.22. The zero-order chi connectivity index (χ0) is 17.3. The lowest BCUT2D eigenvalue weighted by Crippen LogP contribution is -2.69. The molecule has 1 amide bonds. The molecule has 1 saturated heterocycles. The molecule has 0 radical (unpaired) electrons. The van der Waals surface area contributed by atoms with Crippen molar-refractivity contribution in [2.75, 3.05) is 0 Å². The fraction of sp³-hybridized carbons (Fsp3) is 0.556. The molecule has 23 heavy (non-hydrogen) atoms. The van der Waals surface area contributed by atoms with Crippen LogP contribution in [0.4, 0.5) is 0 Å². The average Bonchev–Trinajstić information content (AvgIpc) is 2.47. The standard InChI is InChI=1S/C18H25NO4/c1-6-18(7-2)15(21)19-16(18)22-13-10-8-12(9-11-13)14(20)23-17(3,4)5/h8-11,16H,6-7H2,1-5H3,(H,19,21)/t16-/m1/s1. The van der Waals surface area contributed by atoms with Crippen molar-refractivity contribution < 1.29 is 19.1 Å². The van der Waals surface area contributed by atoms with Gasteiger partial charge in [0.15, 0.2) is 6.23 Å². The number of benzene rings is 1. The van der Waals surface area contributed by atoms with E-state index in [1.165, 1.54) is 0 Å². The van der Waals surface area contributed by atoms with Gasteiger partial charge in [0.2, 0.25) is 5.91 Å². The van der Waals surface area contributed by atoms with E-state index in [2.05, 4.69) is 5.32 Å². The Bertz CT molecular complexity index is 582. The Morgan fingerprint density at radius 3 is 2.17 bits per heavy atom. The minimum absolute atomic E-state index is 0.0397. The molecule has 126 valence electrons. The zero-order valence-corrected chi connectivity index (χ0v) is 14.4. The van der Waals surface area contributed by atoms with Crippen molar-refractivity contribution in [1.82, 2.24) is 5.32 Å². The quantitative estimate of drug-likeness (QED) is 0.668. The van der Waals surface area contributed by atoms with E-state index in [4.69, 9.17) is 9.47 Å². The van der Waals surface area contributed by atoms with Crippen LogP contribution in [0.15, 0.2) is 24.3 Å². The van der Waals surface area contributed by atoms with Gasteiger partial charge in [-0.3, -0.25) is 4.79 Å². The van der Waals surface area contributed by atoms with Crippen LogP contribution in [-0.2, 0) is 9.53 Å². The molecule has 1 aromatic rings. The fourth-order valence-electron chi connectivity index (χ4n) is 2.67. The number of ether oxygens (including phenoxy) is 2. The third-order valence-corrected chi connectivity index (χ3v) is 4.22. The van der Waals surface area contributed by atoms with Crippen molar-refractivity contribution in [2.24, 2.45) is 5.41 Å². The molecule has 0 aliphatic carbocycles. The van der Waals surface area contributed by atoms with Gasteiger partial charge < -0.3 is 14.8 Å². The first kappa shape index (κ1) is 17.3. The Balaban J connectivity index is 2.04. The summed E-state index contributed by atoms with van der Waals surface area (Å²) in [5.74, 6) is 0.295. The van der Waals surface area contributed by atoms with E-state index in [1.807, 2.05) is 34.6 Å². The van der Waals surface area contributed by atoms with Gasteiger partial charge in [0.05, 0.1) is 5.56 Å². The highest BCUT2D eigenvalue weighted by Gasteiger charge is 2.54. The summed E-state index contributed by atoms with van der Waals surface area (Å²) in [6, 6.07) is 6.78. The largest absolute Gasteiger partial charge is 0.470 e. The Morgan fingerprint density at radius 2 is 1.74 bits per heavy atom. The van der Waals surface area contributed by atoms with Gasteiger partial charge in [0.25, 0.3) is 0 Å². The van der Waals surface area contributed by atoms with Gasteiger partial charge in [-0.2, -0.15) is 0 Å². The van der Waals surface area contributed by atoms with Crippen LogP contribution in [0.2, 0.25) is 0 Å². The number of nitrogens with one attached hydrogen (secondary N) is 1. The minimum atomic E-state index is -0.523. The molecule has 1 aromatic carbocycles. The molecule has 1 fully saturated rings. The maximum atomic E-state index is 12.0. The van der Waals surface area contributed by atoms with Gasteiger partial charge >= 0.3 is 5.97 Å². The van der Waals surface area contributed by atoms with Crippen LogP contribution in [0.3, 0.4) is 0 Å². The summed E-state index contributed by atoms with van der Waals surface area (Å²) in [5, 5.41) is 2.80. The Hall–Kier alpha value is -2.04. The molecule has 1 N–H and O–H groups in total. The van der Waals surface area contributed by atoms with E-state index in [0.717, 1.165) is 12.8 Å². The maximum Gasteiger partial charge on any atom is 0.338 e. The van der Waals surface area contributed by atoms with Gasteiger partial charge in [-0.25, -0.2) is 4.79 Å². The summed E-state index contributed by atoms with van der Waals surface area (Å²) >= 11 is 0. The maximum absolute atomic E-state index is 12.0. The molecule has 0 unspecified atom stereocenters. The van der Waals surface area contributed by atoms with Crippen molar-refractivity contribution in [3.05, 3.63) is 29.8 Å². The van der Waals surface area contributed by atoms with E-state index in [9.17, 15) is 9.59 Å². The lowest BCUT2D eigenvalue weighted by Gasteiger charge is -2.47. The first-order chi connectivity index (χ1) is 10.7. The molecule has 1 aliphatic heterocycles. The summed E-state index contributed by atoms with van der Waals surface area (Å²) in [4.78, 5) is 23.8. The third kappa shape index (κ3) is 3.49. The Kier molecular flexibility index (Phi) is 4.68. The van der Waals surface area contributed by atoms with Crippen molar-refractivity contribution >= 4 is 11.9 Å². The fourth-order valence-corrected chi connectivity index (χ4v) is 2.67. The topological polar surface area (TPSA) is 64.6 Å². The number of amides is 1. The van der Waals surface area contributed by atoms with Crippen LogP contribution < -0.4 is 10.1 Å². The number of rotatable bonds is 5. The summed E-state index contributed by atoms with van der Waals surface area (Å²) in [5.41, 5.74) is -0.504. The molecule has 0 bridgehead atoms. The lowest BCUT2D eigenvalue weighted by molar-refractivity contribution is -0.161. The van der Waals surface area contributed by atoms with Gasteiger partial charge in [-0.05, 0) is 57.9 Å². The molecule has 0 saturated carbocycles. The van der Waals surface area contributed by atoms with Gasteiger partial charge in [-0.15, -0.1) is 0 Å². The number of β-lactam (4-membered cyclic amide) rings is 1. The smallest absolute Gasteiger partial charge is 0.338 e. The second-order valence-corrected chi connectivity index (χ2v) is 6.86. The summed E-state index contributed by atoms with van der Waals surface area (Å²) < 4.78 is 11.2. The number of hydrogen-bond donors (Lipinski definition) is 1. The number of carbonyl (C=O) groups is 2. The van der Waals surface area contributed by atoms with Gasteiger partial charge in [0, 0.05) is 0 Å². The van der Waals surface area contributed by atoms with Gasteiger partial charge in [0.1, 0.15) is 16.8 Å². The monoisotopic (exact) mass is 319 g/mol.